The van der Waals surface area contributed by atoms with Crippen molar-refractivity contribution in [2.24, 2.45) is 0 Å². The number of hydrogen-bond donors (Lipinski definition) is 3. The van der Waals surface area contributed by atoms with E-state index in [4.69, 9.17) is 0 Å². The fourth-order valence-electron chi connectivity index (χ4n) is 1.84. The topological polar surface area (TPSA) is 61.4 Å². The third kappa shape index (κ3) is 6.93. The minimum atomic E-state index is -0.746. The lowest BCUT2D eigenvalue weighted by molar-refractivity contribution is -0.116. The van der Waals surface area contributed by atoms with Crippen LogP contribution in [-0.4, -0.2) is 41.2 Å². The van der Waals surface area contributed by atoms with Crippen LogP contribution in [0.15, 0.2) is 30.3 Å². The largest absolute Gasteiger partial charge is 0.388 e. The second-order valence-corrected chi connectivity index (χ2v) is 6.20. The number of thioether (sulfide) groups is 1. The molecule has 0 saturated heterocycles. The molecule has 0 bridgehead atoms. The average molecular weight is 296 g/mol. The van der Waals surface area contributed by atoms with Gasteiger partial charge in [-0.1, -0.05) is 18.2 Å². The summed E-state index contributed by atoms with van der Waals surface area (Å²) in [5.74, 6) is 0.642. The van der Waals surface area contributed by atoms with Gasteiger partial charge in [0.15, 0.2) is 0 Å². The van der Waals surface area contributed by atoms with Crippen molar-refractivity contribution in [2.75, 3.05) is 23.9 Å². The minimum absolute atomic E-state index is 0.0204. The quantitative estimate of drug-likeness (QED) is 0.687. The molecular weight excluding hydrogens is 272 g/mol. The first-order valence-corrected chi connectivity index (χ1v) is 8.12. The predicted octanol–water partition coefficient (Wildman–Crippen LogP) is 2.11. The van der Waals surface area contributed by atoms with Crippen LogP contribution in [0.25, 0.3) is 0 Å². The van der Waals surface area contributed by atoms with Crippen LogP contribution in [0.3, 0.4) is 0 Å². The smallest absolute Gasteiger partial charge is 0.225 e. The molecule has 0 radical (unpaired) electrons. The van der Waals surface area contributed by atoms with E-state index >= 15 is 0 Å². The average Bonchev–Trinajstić information content (AvgIpc) is 2.37. The first kappa shape index (κ1) is 17.0. The number of benzene rings is 1. The Morgan fingerprint density at radius 2 is 2.05 bits per heavy atom. The van der Waals surface area contributed by atoms with E-state index in [1.165, 1.54) is 0 Å². The number of aliphatic hydroxyl groups is 1. The maximum absolute atomic E-state index is 11.9. The van der Waals surface area contributed by atoms with Crippen molar-refractivity contribution in [3.05, 3.63) is 30.3 Å². The van der Waals surface area contributed by atoms with Crippen molar-refractivity contribution in [2.45, 2.75) is 31.9 Å². The van der Waals surface area contributed by atoms with Crippen molar-refractivity contribution in [3.8, 4) is 0 Å². The molecule has 0 fully saturated rings. The summed E-state index contributed by atoms with van der Waals surface area (Å²) in [6.45, 7) is 4.22. The van der Waals surface area contributed by atoms with Crippen molar-refractivity contribution in [3.63, 3.8) is 0 Å². The lowest BCUT2D eigenvalue weighted by Gasteiger charge is -2.25. The second-order valence-electron chi connectivity index (χ2n) is 5.33. The van der Waals surface area contributed by atoms with Gasteiger partial charge in [0.1, 0.15) is 0 Å². The minimum Gasteiger partial charge on any atom is -0.388 e. The number of amides is 1. The first-order chi connectivity index (χ1) is 9.43. The van der Waals surface area contributed by atoms with Gasteiger partial charge in [0.05, 0.1) is 5.60 Å². The SMILES string of the molecule is CSCC(C)(O)CNC(C)CC(=O)Nc1ccccc1. The van der Waals surface area contributed by atoms with Gasteiger partial charge in [0.25, 0.3) is 0 Å². The lowest BCUT2D eigenvalue weighted by atomic mass is 10.1. The molecule has 1 amide bonds. The first-order valence-electron chi connectivity index (χ1n) is 6.72. The molecule has 0 aliphatic heterocycles. The number of carbonyl (C=O) groups is 1. The number of hydrogen-bond acceptors (Lipinski definition) is 4. The molecule has 0 saturated carbocycles. The molecular formula is C15H24N2O2S. The van der Waals surface area contributed by atoms with Crippen LogP contribution in [-0.2, 0) is 4.79 Å². The summed E-state index contributed by atoms with van der Waals surface area (Å²) in [4.78, 5) is 11.9. The summed E-state index contributed by atoms with van der Waals surface area (Å²) in [5.41, 5.74) is 0.0583. The van der Waals surface area contributed by atoms with Crippen LogP contribution < -0.4 is 10.6 Å². The number of anilines is 1. The third-order valence-corrected chi connectivity index (χ3v) is 3.75. The lowest BCUT2D eigenvalue weighted by Crippen LogP contribution is -2.44. The fourth-order valence-corrected chi connectivity index (χ4v) is 2.56. The molecule has 5 heteroatoms. The molecule has 2 unspecified atom stereocenters. The summed E-state index contributed by atoms with van der Waals surface area (Å²) < 4.78 is 0. The molecule has 2 atom stereocenters. The van der Waals surface area contributed by atoms with E-state index in [-0.39, 0.29) is 11.9 Å². The van der Waals surface area contributed by atoms with Crippen LogP contribution in [0.5, 0.6) is 0 Å². The molecule has 20 heavy (non-hydrogen) atoms. The molecule has 0 aromatic heterocycles. The maximum Gasteiger partial charge on any atom is 0.225 e. The van der Waals surface area contributed by atoms with E-state index in [0.717, 1.165) is 5.69 Å². The normalized spacial score (nSPS) is 15.4. The summed E-state index contributed by atoms with van der Waals surface area (Å²) in [6.07, 6.45) is 2.34. The predicted molar refractivity (Wildman–Crippen MR) is 86.2 cm³/mol. The highest BCUT2D eigenvalue weighted by atomic mass is 32.2. The Balaban J connectivity index is 2.31. The third-order valence-electron chi connectivity index (χ3n) is 2.84. The highest BCUT2D eigenvalue weighted by molar-refractivity contribution is 7.98. The fraction of sp³-hybridized carbons (Fsp3) is 0.533. The highest BCUT2D eigenvalue weighted by Gasteiger charge is 2.20. The Morgan fingerprint density at radius 3 is 2.65 bits per heavy atom. The molecule has 3 N–H and O–H groups in total. The van der Waals surface area contributed by atoms with E-state index < -0.39 is 5.60 Å². The number of nitrogens with one attached hydrogen (secondary N) is 2. The Hall–Kier alpha value is -1.04. The van der Waals surface area contributed by atoms with Gasteiger partial charge < -0.3 is 15.7 Å². The monoisotopic (exact) mass is 296 g/mol. The number of carbonyl (C=O) groups excluding carboxylic acids is 1. The van der Waals surface area contributed by atoms with Crippen LogP contribution in [0.4, 0.5) is 5.69 Å². The zero-order valence-electron chi connectivity index (χ0n) is 12.3. The van der Waals surface area contributed by atoms with Gasteiger partial charge in [0, 0.05) is 30.4 Å². The van der Waals surface area contributed by atoms with Crippen LogP contribution in [0, 0.1) is 0 Å². The molecule has 1 aromatic carbocycles. The van der Waals surface area contributed by atoms with Gasteiger partial charge >= 0.3 is 0 Å². The van der Waals surface area contributed by atoms with Gasteiger partial charge in [-0.2, -0.15) is 11.8 Å². The Bertz CT molecular complexity index is 410. The van der Waals surface area contributed by atoms with E-state index in [2.05, 4.69) is 10.6 Å². The van der Waals surface area contributed by atoms with Gasteiger partial charge in [-0.05, 0) is 32.2 Å². The zero-order valence-corrected chi connectivity index (χ0v) is 13.2. The van der Waals surface area contributed by atoms with Gasteiger partial charge in [-0.15, -0.1) is 0 Å². The van der Waals surface area contributed by atoms with Crippen molar-refractivity contribution < 1.29 is 9.90 Å². The Labute approximate surface area is 125 Å². The van der Waals surface area contributed by atoms with Crippen molar-refractivity contribution in [1.82, 2.24) is 5.32 Å². The summed E-state index contributed by atoms with van der Waals surface area (Å²) in [6, 6.07) is 9.42. The number of para-hydroxylation sites is 1. The van der Waals surface area contributed by atoms with Crippen LogP contribution in [0.2, 0.25) is 0 Å². The standard InChI is InChI=1S/C15H24N2O2S/c1-12(16-10-15(2,19)11-20-3)9-14(18)17-13-7-5-4-6-8-13/h4-8,12,16,19H,9-11H2,1-3H3,(H,17,18). The second kappa shape index (κ2) is 8.29. The van der Waals surface area contributed by atoms with Crippen LogP contribution >= 0.6 is 11.8 Å². The molecule has 0 spiro atoms. The highest BCUT2D eigenvalue weighted by Crippen LogP contribution is 2.10. The molecule has 4 nitrogen and oxygen atoms in total. The molecule has 0 heterocycles. The molecule has 0 aliphatic carbocycles. The van der Waals surface area contributed by atoms with E-state index in [9.17, 15) is 9.90 Å². The van der Waals surface area contributed by atoms with Crippen LogP contribution in [0.1, 0.15) is 20.3 Å². The molecule has 1 rings (SSSR count). The maximum atomic E-state index is 11.9. The molecule has 1 aromatic rings. The molecule has 112 valence electrons. The zero-order chi connectivity index (χ0) is 15.0. The van der Waals surface area contributed by atoms with Gasteiger partial charge in [-0.3, -0.25) is 4.79 Å². The Kier molecular flexibility index (Phi) is 7.05. The van der Waals surface area contributed by atoms with E-state index in [1.807, 2.05) is 43.5 Å². The Morgan fingerprint density at radius 1 is 1.40 bits per heavy atom. The molecule has 0 aliphatic rings. The van der Waals surface area contributed by atoms with E-state index in [0.29, 0.717) is 18.7 Å². The van der Waals surface area contributed by atoms with Gasteiger partial charge in [0.2, 0.25) is 5.91 Å². The van der Waals surface area contributed by atoms with Crippen molar-refractivity contribution >= 4 is 23.4 Å². The van der Waals surface area contributed by atoms with Gasteiger partial charge in [-0.25, -0.2) is 0 Å². The van der Waals surface area contributed by atoms with E-state index in [1.54, 1.807) is 18.7 Å². The summed E-state index contributed by atoms with van der Waals surface area (Å²) in [7, 11) is 0. The summed E-state index contributed by atoms with van der Waals surface area (Å²) >= 11 is 1.61. The summed E-state index contributed by atoms with van der Waals surface area (Å²) in [5, 5.41) is 16.1. The number of rotatable bonds is 8. The van der Waals surface area contributed by atoms with Crippen molar-refractivity contribution in [1.29, 1.82) is 0 Å².